The molecule has 2 aromatic rings. The number of fused-ring (bicyclic) bond motifs is 1. The van der Waals surface area contributed by atoms with Gasteiger partial charge in [0.25, 0.3) is 0 Å². The maximum Gasteiger partial charge on any atom is 0.407 e. The van der Waals surface area contributed by atoms with E-state index in [1.54, 1.807) is 0 Å². The van der Waals surface area contributed by atoms with E-state index in [-0.39, 0.29) is 35.9 Å². The SMILES string of the molecule is Cn1nc(C2CCC(=O)NC2=O)c2ccc(N3CCC(CN4CCN(C(=O)O)C(C(C)(C)C)[C@@H]4CO)CC3)cc21. The van der Waals surface area contributed by atoms with Crippen LogP contribution in [0.1, 0.15) is 58.1 Å². The van der Waals surface area contributed by atoms with Gasteiger partial charge in [-0.05, 0) is 48.8 Å². The molecule has 0 radical (unpaired) electrons. The Balaban J connectivity index is 1.25. The van der Waals surface area contributed by atoms with Gasteiger partial charge < -0.3 is 20.0 Å². The van der Waals surface area contributed by atoms with Gasteiger partial charge in [-0.1, -0.05) is 20.8 Å². The third-order valence-corrected chi connectivity index (χ3v) is 9.02. The molecule has 11 heteroatoms. The fraction of sp³-hybridized carbons (Fsp3) is 0.655. The third kappa shape index (κ3) is 5.41. The van der Waals surface area contributed by atoms with Crippen LogP contribution in [0, 0.1) is 11.3 Å². The molecule has 3 aliphatic rings. The van der Waals surface area contributed by atoms with Crippen LogP contribution < -0.4 is 10.2 Å². The van der Waals surface area contributed by atoms with Gasteiger partial charge in [-0.2, -0.15) is 5.10 Å². The first-order valence-corrected chi connectivity index (χ1v) is 14.4. The monoisotopic (exact) mass is 554 g/mol. The van der Waals surface area contributed by atoms with Crippen LogP contribution in [-0.4, -0.2) is 99.1 Å². The maximum absolute atomic E-state index is 12.5. The second kappa shape index (κ2) is 11.0. The first-order chi connectivity index (χ1) is 19.0. The Kier molecular flexibility index (Phi) is 7.80. The summed E-state index contributed by atoms with van der Waals surface area (Å²) in [6, 6.07) is 5.80. The number of rotatable bonds is 5. The van der Waals surface area contributed by atoms with Crippen molar-refractivity contribution >= 4 is 34.5 Å². The summed E-state index contributed by atoms with van der Waals surface area (Å²) in [5.74, 6) is -0.442. The van der Waals surface area contributed by atoms with Crippen LogP contribution in [0.15, 0.2) is 18.2 Å². The number of aryl methyl sites for hydroxylation is 1. The van der Waals surface area contributed by atoms with Crippen LogP contribution in [0.25, 0.3) is 10.9 Å². The molecule has 218 valence electrons. The number of carbonyl (C=O) groups is 3. The molecule has 1 aromatic carbocycles. The molecule has 0 aliphatic carbocycles. The lowest BCUT2D eigenvalue weighted by atomic mass is 9.79. The average Bonchev–Trinajstić information content (AvgIpc) is 3.23. The number of piperidine rings is 2. The molecule has 3 atom stereocenters. The zero-order valence-corrected chi connectivity index (χ0v) is 24.0. The van der Waals surface area contributed by atoms with Gasteiger partial charge in [0.05, 0.1) is 35.8 Å². The highest BCUT2D eigenvalue weighted by atomic mass is 16.4. The van der Waals surface area contributed by atoms with Gasteiger partial charge in [-0.15, -0.1) is 0 Å². The number of piperazine rings is 1. The lowest BCUT2D eigenvalue weighted by Gasteiger charge is -2.52. The zero-order valence-electron chi connectivity index (χ0n) is 24.0. The Bertz CT molecular complexity index is 1280. The zero-order chi connectivity index (χ0) is 28.8. The van der Waals surface area contributed by atoms with Crippen molar-refractivity contribution in [2.45, 2.75) is 64.5 Å². The van der Waals surface area contributed by atoms with Crippen molar-refractivity contribution in [3.8, 4) is 0 Å². The molecular formula is C29H42N6O5. The van der Waals surface area contributed by atoms with Crippen molar-refractivity contribution in [2.75, 3.05) is 44.2 Å². The number of nitrogens with one attached hydrogen (secondary N) is 1. The number of anilines is 1. The molecular weight excluding hydrogens is 512 g/mol. The van der Waals surface area contributed by atoms with Gasteiger partial charge >= 0.3 is 6.09 Å². The number of hydrogen-bond donors (Lipinski definition) is 3. The molecule has 2 unspecified atom stereocenters. The average molecular weight is 555 g/mol. The fourth-order valence-corrected chi connectivity index (χ4v) is 7.04. The Morgan fingerprint density at radius 3 is 2.45 bits per heavy atom. The highest BCUT2D eigenvalue weighted by Gasteiger charge is 2.45. The molecule has 3 N–H and O–H groups in total. The van der Waals surface area contributed by atoms with E-state index in [2.05, 4.69) is 32.3 Å². The summed E-state index contributed by atoms with van der Waals surface area (Å²) in [6.45, 7) is 9.85. The highest BCUT2D eigenvalue weighted by Crippen LogP contribution is 2.35. The van der Waals surface area contributed by atoms with Gasteiger partial charge in [0.15, 0.2) is 0 Å². The summed E-state index contributed by atoms with van der Waals surface area (Å²) < 4.78 is 1.82. The minimum Gasteiger partial charge on any atom is -0.465 e. The van der Waals surface area contributed by atoms with Crippen LogP contribution in [0.5, 0.6) is 0 Å². The minimum atomic E-state index is -0.916. The second-order valence-electron chi connectivity index (χ2n) is 12.7. The van der Waals surface area contributed by atoms with Gasteiger partial charge in [-0.25, -0.2) is 4.79 Å². The standard InChI is InChI=1S/C29H42N6O5/c1-29(2,3)26-23(17-36)34(13-14-35(26)28(39)40)16-18-9-11-33(12-10-18)19-5-6-20-22(15-19)32(4)31-25(20)21-7-8-24(37)30-27(21)38/h5-6,15,18,21,23,26,36H,7-14,16-17H2,1-4H3,(H,39,40)(H,30,37,38)/t21?,23-,26?/m0/s1. The summed E-state index contributed by atoms with van der Waals surface area (Å²) in [5, 5.41) is 28.2. The molecule has 4 heterocycles. The lowest BCUT2D eigenvalue weighted by molar-refractivity contribution is -0.134. The van der Waals surface area contributed by atoms with Crippen molar-refractivity contribution in [3.05, 3.63) is 23.9 Å². The number of aliphatic hydroxyl groups excluding tert-OH is 1. The topological polar surface area (TPSA) is 131 Å². The molecule has 3 saturated heterocycles. The number of hydrogen-bond acceptors (Lipinski definition) is 7. The van der Waals surface area contributed by atoms with E-state index in [4.69, 9.17) is 0 Å². The molecule has 11 nitrogen and oxygen atoms in total. The van der Waals surface area contributed by atoms with Crippen LogP contribution in [0.2, 0.25) is 0 Å². The van der Waals surface area contributed by atoms with Crippen molar-refractivity contribution in [1.82, 2.24) is 24.9 Å². The van der Waals surface area contributed by atoms with Crippen LogP contribution in [0.4, 0.5) is 10.5 Å². The smallest absolute Gasteiger partial charge is 0.407 e. The predicted molar refractivity (Wildman–Crippen MR) is 151 cm³/mol. The van der Waals surface area contributed by atoms with E-state index >= 15 is 0 Å². The predicted octanol–water partition coefficient (Wildman–Crippen LogP) is 2.38. The summed E-state index contributed by atoms with van der Waals surface area (Å²) in [4.78, 5) is 42.2. The summed E-state index contributed by atoms with van der Waals surface area (Å²) in [6.07, 6.45) is 1.92. The van der Waals surface area contributed by atoms with Gasteiger partial charge in [0.2, 0.25) is 11.8 Å². The normalized spacial score (nSPS) is 25.5. The fourth-order valence-electron chi connectivity index (χ4n) is 7.04. The Morgan fingerprint density at radius 1 is 1.10 bits per heavy atom. The van der Waals surface area contributed by atoms with Crippen molar-refractivity contribution in [3.63, 3.8) is 0 Å². The molecule has 3 aliphatic heterocycles. The molecule has 3 amide bonds. The van der Waals surface area contributed by atoms with E-state index in [0.29, 0.717) is 31.8 Å². The molecule has 0 saturated carbocycles. The van der Waals surface area contributed by atoms with Gasteiger partial charge in [-0.3, -0.25) is 24.5 Å². The second-order valence-corrected chi connectivity index (χ2v) is 12.7. The Labute approximate surface area is 235 Å². The molecule has 3 fully saturated rings. The van der Waals surface area contributed by atoms with Gasteiger partial charge in [0.1, 0.15) is 0 Å². The van der Waals surface area contributed by atoms with E-state index in [0.717, 1.165) is 54.8 Å². The van der Waals surface area contributed by atoms with E-state index in [1.807, 2.05) is 38.6 Å². The maximum atomic E-state index is 12.5. The summed E-state index contributed by atoms with van der Waals surface area (Å²) in [7, 11) is 1.89. The number of aromatic nitrogens is 2. The largest absolute Gasteiger partial charge is 0.465 e. The third-order valence-electron chi connectivity index (χ3n) is 9.02. The number of benzene rings is 1. The first kappa shape index (κ1) is 28.4. The van der Waals surface area contributed by atoms with Crippen molar-refractivity contribution in [1.29, 1.82) is 0 Å². The van der Waals surface area contributed by atoms with Gasteiger partial charge in [0, 0.05) is 57.3 Å². The minimum absolute atomic E-state index is 0.0594. The molecule has 1 aromatic heterocycles. The van der Waals surface area contributed by atoms with E-state index in [1.165, 1.54) is 4.90 Å². The molecule has 0 bridgehead atoms. The van der Waals surface area contributed by atoms with Crippen LogP contribution >= 0.6 is 0 Å². The quantitative estimate of drug-likeness (QED) is 0.480. The van der Waals surface area contributed by atoms with Crippen molar-refractivity contribution in [2.24, 2.45) is 18.4 Å². The summed E-state index contributed by atoms with van der Waals surface area (Å²) >= 11 is 0. The Morgan fingerprint density at radius 2 is 1.82 bits per heavy atom. The highest BCUT2D eigenvalue weighted by molar-refractivity contribution is 6.02. The Hall–Kier alpha value is -3.18. The lowest BCUT2D eigenvalue weighted by Crippen LogP contribution is -2.66. The first-order valence-electron chi connectivity index (χ1n) is 14.4. The van der Waals surface area contributed by atoms with Crippen LogP contribution in [-0.2, 0) is 16.6 Å². The van der Waals surface area contributed by atoms with Crippen LogP contribution in [0.3, 0.4) is 0 Å². The number of carbonyl (C=O) groups excluding carboxylic acids is 2. The number of amides is 3. The molecule has 5 rings (SSSR count). The number of carboxylic acid groups (broad SMARTS) is 1. The van der Waals surface area contributed by atoms with E-state index in [9.17, 15) is 24.6 Å². The van der Waals surface area contributed by atoms with E-state index < -0.39 is 12.0 Å². The number of imide groups is 1. The molecule has 40 heavy (non-hydrogen) atoms. The van der Waals surface area contributed by atoms with Crippen molar-refractivity contribution < 1.29 is 24.6 Å². The number of nitrogens with zero attached hydrogens (tertiary/aromatic N) is 5. The summed E-state index contributed by atoms with van der Waals surface area (Å²) in [5.41, 5.74) is 2.54. The molecule has 0 spiro atoms. The number of aliphatic hydroxyl groups is 1.